The van der Waals surface area contributed by atoms with E-state index in [2.05, 4.69) is 41.4 Å². The lowest BCUT2D eigenvalue weighted by Gasteiger charge is -1.99. The highest BCUT2D eigenvalue weighted by Crippen LogP contribution is 2.13. The van der Waals surface area contributed by atoms with Gasteiger partial charge in [0.25, 0.3) is 0 Å². The van der Waals surface area contributed by atoms with Crippen LogP contribution in [0.5, 0.6) is 0 Å². The number of pyridine rings is 1. The molecule has 0 aromatic carbocycles. The van der Waals surface area contributed by atoms with E-state index >= 15 is 0 Å². The molecule has 9 heteroatoms. The minimum atomic E-state index is -3.13. The largest absolute Gasteiger partial charge is 0.307 e. The predicted octanol–water partition coefficient (Wildman–Crippen LogP) is 1.25. The number of sulfone groups is 1. The first-order valence-electron chi connectivity index (χ1n) is 4.90. The van der Waals surface area contributed by atoms with Gasteiger partial charge < -0.3 is 5.32 Å². The fourth-order valence-electron chi connectivity index (χ4n) is 1.23. The third kappa shape index (κ3) is 3.77. The van der Waals surface area contributed by atoms with Crippen molar-refractivity contribution < 1.29 is 8.42 Å². The van der Waals surface area contributed by atoms with Gasteiger partial charge in [0.2, 0.25) is 5.95 Å². The molecule has 2 rings (SSSR count). The molecule has 0 radical (unpaired) electrons. The summed E-state index contributed by atoms with van der Waals surface area (Å²) < 4.78 is 23.0. The monoisotopic (exact) mass is 331 g/mol. The number of hydrogen-bond donors (Lipinski definition) is 2. The topological polar surface area (TPSA) is 101 Å². The highest BCUT2D eigenvalue weighted by Gasteiger charge is 2.09. The lowest BCUT2D eigenvalue weighted by atomic mass is 10.5. The van der Waals surface area contributed by atoms with Gasteiger partial charge in [0, 0.05) is 16.9 Å². The van der Waals surface area contributed by atoms with Crippen LogP contribution in [0.4, 0.5) is 11.8 Å². The Labute approximate surface area is 112 Å². The number of hydrogen-bond acceptors (Lipinski definition) is 6. The molecule has 2 heterocycles. The van der Waals surface area contributed by atoms with E-state index < -0.39 is 9.84 Å². The molecule has 0 aliphatic rings. The smallest absolute Gasteiger partial charge is 0.247 e. The Morgan fingerprint density at radius 1 is 1.44 bits per heavy atom. The van der Waals surface area contributed by atoms with E-state index in [1.165, 1.54) is 0 Å². The summed E-state index contributed by atoms with van der Waals surface area (Å²) in [5.41, 5.74) is 0. The van der Waals surface area contributed by atoms with Crippen molar-refractivity contribution in [2.24, 2.45) is 0 Å². The first kappa shape index (κ1) is 13.0. The summed E-state index contributed by atoms with van der Waals surface area (Å²) in [7, 11) is -3.13. The summed E-state index contributed by atoms with van der Waals surface area (Å²) in [5, 5.41) is 9.27. The average molecular weight is 332 g/mol. The van der Waals surface area contributed by atoms with Crippen LogP contribution < -0.4 is 5.32 Å². The first-order valence-corrected chi connectivity index (χ1v) is 7.75. The molecule has 7 nitrogen and oxygen atoms in total. The number of nitrogens with one attached hydrogen (secondary N) is 2. The van der Waals surface area contributed by atoms with Gasteiger partial charge in [-0.05, 0) is 28.1 Å². The molecular weight excluding hydrogens is 322 g/mol. The van der Waals surface area contributed by atoms with E-state index in [1.54, 1.807) is 12.3 Å². The first-order chi connectivity index (χ1) is 8.42. The van der Waals surface area contributed by atoms with E-state index in [-0.39, 0.29) is 17.5 Å². The van der Waals surface area contributed by atoms with Crippen LogP contribution in [0, 0.1) is 0 Å². The Hall–Kier alpha value is -1.48. The predicted molar refractivity (Wildman–Crippen MR) is 70.2 cm³/mol. The standard InChI is InChI=1S/C9H10BrN5O2S/c1-18(16,17)5-8-13-9(15-14-8)12-7-3-2-6(10)4-11-7/h2-4H,5H2,1H3,(H2,11,12,13,14,15). The van der Waals surface area contributed by atoms with Gasteiger partial charge in [-0.2, -0.15) is 4.98 Å². The van der Waals surface area contributed by atoms with Crippen molar-refractivity contribution in [3.8, 4) is 0 Å². The summed E-state index contributed by atoms with van der Waals surface area (Å²) >= 11 is 3.27. The van der Waals surface area contributed by atoms with Gasteiger partial charge in [0.05, 0.1) is 0 Å². The number of rotatable bonds is 4. The zero-order chi connectivity index (χ0) is 13.2. The highest BCUT2D eigenvalue weighted by atomic mass is 79.9. The maximum absolute atomic E-state index is 11.1. The van der Waals surface area contributed by atoms with E-state index in [4.69, 9.17) is 0 Å². The molecule has 0 amide bonds. The molecule has 2 aromatic rings. The third-order valence-corrected chi connectivity index (χ3v) is 3.16. The minimum absolute atomic E-state index is 0.171. The van der Waals surface area contributed by atoms with Gasteiger partial charge in [-0.15, -0.1) is 5.10 Å². The molecule has 0 saturated carbocycles. The normalized spacial score (nSPS) is 11.4. The van der Waals surface area contributed by atoms with Crippen LogP contribution in [0.2, 0.25) is 0 Å². The minimum Gasteiger partial charge on any atom is -0.307 e. The van der Waals surface area contributed by atoms with Gasteiger partial charge in [-0.3, -0.25) is 5.10 Å². The lowest BCUT2D eigenvalue weighted by Crippen LogP contribution is -2.02. The summed E-state index contributed by atoms with van der Waals surface area (Å²) in [6.45, 7) is 0. The lowest BCUT2D eigenvalue weighted by molar-refractivity contribution is 0.599. The van der Waals surface area contributed by atoms with Crippen LogP contribution in [0.3, 0.4) is 0 Å². The molecule has 0 saturated heterocycles. The maximum Gasteiger partial charge on any atom is 0.247 e. The van der Waals surface area contributed by atoms with Crippen LogP contribution in [0.25, 0.3) is 0 Å². The summed E-state index contributed by atoms with van der Waals surface area (Å²) in [4.78, 5) is 8.09. The number of aromatic nitrogens is 4. The summed E-state index contributed by atoms with van der Waals surface area (Å²) in [6.07, 6.45) is 2.77. The van der Waals surface area contributed by atoms with Crippen molar-refractivity contribution in [2.75, 3.05) is 11.6 Å². The third-order valence-electron chi connectivity index (χ3n) is 1.90. The zero-order valence-electron chi connectivity index (χ0n) is 9.38. The van der Waals surface area contributed by atoms with E-state index in [9.17, 15) is 8.42 Å². The quantitative estimate of drug-likeness (QED) is 0.874. The van der Waals surface area contributed by atoms with Gasteiger partial charge in [-0.25, -0.2) is 13.4 Å². The van der Waals surface area contributed by atoms with Crippen molar-refractivity contribution in [2.45, 2.75) is 5.75 Å². The molecular formula is C9H10BrN5O2S. The second-order valence-corrected chi connectivity index (χ2v) is 6.72. The number of nitrogens with zero attached hydrogens (tertiary/aromatic N) is 3. The Bertz CT molecular complexity index is 637. The van der Waals surface area contributed by atoms with Crippen molar-refractivity contribution in [3.05, 3.63) is 28.6 Å². The molecule has 96 valence electrons. The summed E-state index contributed by atoms with van der Waals surface area (Å²) in [5.74, 6) is 0.971. The number of halogens is 1. The maximum atomic E-state index is 11.1. The Balaban J connectivity index is 2.09. The fraction of sp³-hybridized carbons (Fsp3) is 0.222. The van der Waals surface area contributed by atoms with Crippen LogP contribution in [0.15, 0.2) is 22.8 Å². The van der Waals surface area contributed by atoms with E-state index in [0.29, 0.717) is 5.82 Å². The molecule has 0 fully saturated rings. The molecule has 18 heavy (non-hydrogen) atoms. The second-order valence-electron chi connectivity index (χ2n) is 3.66. The van der Waals surface area contributed by atoms with Crippen molar-refractivity contribution >= 4 is 37.5 Å². The Morgan fingerprint density at radius 2 is 2.22 bits per heavy atom. The molecule has 0 atom stereocenters. The average Bonchev–Trinajstić information content (AvgIpc) is 2.66. The fourth-order valence-corrected chi connectivity index (χ4v) is 2.09. The number of aromatic amines is 1. The molecule has 0 unspecified atom stereocenters. The SMILES string of the molecule is CS(=O)(=O)Cc1nc(Nc2ccc(Br)cn2)n[nH]1. The van der Waals surface area contributed by atoms with Crippen LogP contribution in [-0.2, 0) is 15.6 Å². The summed E-state index contributed by atoms with van der Waals surface area (Å²) in [6, 6.07) is 3.57. The Kier molecular flexibility index (Phi) is 3.62. The molecule has 2 N–H and O–H groups in total. The molecule has 0 aliphatic carbocycles. The van der Waals surface area contributed by atoms with Gasteiger partial charge in [-0.1, -0.05) is 0 Å². The van der Waals surface area contributed by atoms with Crippen LogP contribution in [0.1, 0.15) is 5.82 Å². The number of H-pyrrole nitrogens is 1. The van der Waals surface area contributed by atoms with Gasteiger partial charge >= 0.3 is 0 Å². The van der Waals surface area contributed by atoms with E-state index in [1.807, 2.05) is 6.07 Å². The van der Waals surface area contributed by atoms with Crippen molar-refractivity contribution in [1.82, 2.24) is 20.2 Å². The molecule has 2 aromatic heterocycles. The molecule has 0 bridgehead atoms. The highest BCUT2D eigenvalue weighted by molar-refractivity contribution is 9.10. The van der Waals surface area contributed by atoms with Crippen molar-refractivity contribution in [1.29, 1.82) is 0 Å². The van der Waals surface area contributed by atoms with E-state index in [0.717, 1.165) is 10.7 Å². The van der Waals surface area contributed by atoms with Crippen LogP contribution in [-0.4, -0.2) is 34.8 Å². The Morgan fingerprint density at radius 3 is 2.83 bits per heavy atom. The molecule has 0 aliphatic heterocycles. The van der Waals surface area contributed by atoms with Crippen LogP contribution >= 0.6 is 15.9 Å². The van der Waals surface area contributed by atoms with Gasteiger partial charge in [0.15, 0.2) is 9.84 Å². The van der Waals surface area contributed by atoms with Crippen molar-refractivity contribution in [3.63, 3.8) is 0 Å². The van der Waals surface area contributed by atoms with Gasteiger partial charge in [0.1, 0.15) is 17.4 Å². The number of anilines is 2. The molecule has 0 spiro atoms. The second kappa shape index (κ2) is 5.02. The zero-order valence-corrected chi connectivity index (χ0v) is 11.8.